The van der Waals surface area contributed by atoms with Gasteiger partial charge in [-0.1, -0.05) is 109 Å². The fourth-order valence-corrected chi connectivity index (χ4v) is 7.18. The van der Waals surface area contributed by atoms with Gasteiger partial charge in [-0.15, -0.1) is 0 Å². The average molecular weight is 514 g/mol. The van der Waals surface area contributed by atoms with E-state index in [1.165, 1.54) is 67.0 Å². The normalized spacial score (nSPS) is 19.9. The molecule has 1 heterocycles. The molecule has 0 spiro atoms. The minimum absolute atomic E-state index is 0.305. The first-order chi connectivity index (χ1) is 19.8. The molecule has 0 aromatic heterocycles. The van der Waals surface area contributed by atoms with Crippen LogP contribution in [0.4, 0.5) is 5.69 Å². The number of allylic oxidation sites excluding steroid dienone is 6. The first-order valence-corrected chi connectivity index (χ1v) is 14.4. The third-order valence-electron chi connectivity index (χ3n) is 8.94. The van der Waals surface area contributed by atoms with E-state index in [2.05, 4.69) is 145 Å². The zero-order chi connectivity index (χ0) is 26.6. The third kappa shape index (κ3) is 3.62. The number of hydrogen-bond donors (Lipinski definition) is 0. The van der Waals surface area contributed by atoms with E-state index in [1.807, 2.05) is 0 Å². The predicted molar refractivity (Wildman–Crippen MR) is 168 cm³/mol. The number of fused-ring (bicyclic) bond motifs is 7. The van der Waals surface area contributed by atoms with Crippen LogP contribution in [-0.2, 0) is 12.8 Å². The molecule has 4 aromatic rings. The lowest BCUT2D eigenvalue weighted by Crippen LogP contribution is -2.31. The molecular weight excluding hydrogens is 482 g/mol. The van der Waals surface area contributed by atoms with Crippen molar-refractivity contribution in [2.24, 2.45) is 0 Å². The van der Waals surface area contributed by atoms with Crippen LogP contribution in [0.5, 0.6) is 0 Å². The average Bonchev–Trinajstić information content (AvgIpc) is 3.68. The van der Waals surface area contributed by atoms with E-state index in [-0.39, 0.29) is 0 Å². The van der Waals surface area contributed by atoms with Crippen LogP contribution in [0, 0.1) is 0 Å². The Morgan fingerprint density at radius 3 is 2.50 bits per heavy atom. The molecule has 3 aliphatic carbocycles. The molecule has 2 atom stereocenters. The van der Waals surface area contributed by atoms with Gasteiger partial charge in [-0.2, -0.15) is 0 Å². The van der Waals surface area contributed by atoms with Crippen LogP contribution >= 0.6 is 0 Å². The maximum Gasteiger partial charge on any atom is 0.0629 e. The second-order valence-corrected chi connectivity index (χ2v) is 11.3. The fraction of sp³-hybridized carbons (Fsp3) is 0.128. The Bertz CT molecular complexity index is 1830. The molecule has 0 saturated carbocycles. The summed E-state index contributed by atoms with van der Waals surface area (Å²) < 4.78 is 0. The molecule has 0 bridgehead atoms. The SMILES string of the molecule is C/C=C\C(=C/C1=Cc2c(cccc2-c2ccc3c(c2)-c2ccccc2C3)C1)N1c2ccccc2C2C=CC=CC21. The molecule has 1 heteroatoms. The number of para-hydroxylation sites is 1. The quantitative estimate of drug-likeness (QED) is 0.216. The van der Waals surface area contributed by atoms with Gasteiger partial charge >= 0.3 is 0 Å². The summed E-state index contributed by atoms with van der Waals surface area (Å²) in [4.78, 5) is 2.53. The van der Waals surface area contributed by atoms with Crippen LogP contribution in [0.2, 0.25) is 0 Å². The monoisotopic (exact) mass is 513 g/mol. The van der Waals surface area contributed by atoms with Crippen molar-refractivity contribution in [3.63, 3.8) is 0 Å². The largest absolute Gasteiger partial charge is 0.333 e. The zero-order valence-corrected chi connectivity index (χ0v) is 22.7. The number of anilines is 1. The summed E-state index contributed by atoms with van der Waals surface area (Å²) in [6.07, 6.45) is 20.3. The van der Waals surface area contributed by atoms with Crippen molar-refractivity contribution < 1.29 is 0 Å². The van der Waals surface area contributed by atoms with Crippen LogP contribution in [0.25, 0.3) is 28.3 Å². The summed E-state index contributed by atoms with van der Waals surface area (Å²) in [6.45, 7) is 2.12. The number of rotatable bonds is 4. The van der Waals surface area contributed by atoms with Crippen LogP contribution in [0.1, 0.15) is 40.7 Å². The fourth-order valence-electron chi connectivity index (χ4n) is 7.18. The van der Waals surface area contributed by atoms with Crippen molar-refractivity contribution in [2.45, 2.75) is 31.7 Å². The molecule has 1 nitrogen and oxygen atoms in total. The van der Waals surface area contributed by atoms with Crippen LogP contribution in [0.3, 0.4) is 0 Å². The summed E-state index contributed by atoms with van der Waals surface area (Å²) >= 11 is 0. The molecule has 192 valence electrons. The van der Waals surface area contributed by atoms with E-state index in [1.54, 1.807) is 0 Å². The summed E-state index contributed by atoms with van der Waals surface area (Å²) in [6, 6.07) is 31.9. The van der Waals surface area contributed by atoms with Crippen molar-refractivity contribution in [1.82, 2.24) is 0 Å². The van der Waals surface area contributed by atoms with E-state index in [4.69, 9.17) is 0 Å². The molecule has 0 fully saturated rings. The predicted octanol–water partition coefficient (Wildman–Crippen LogP) is 9.42. The minimum Gasteiger partial charge on any atom is -0.333 e. The molecule has 2 unspecified atom stereocenters. The second-order valence-electron chi connectivity index (χ2n) is 11.3. The van der Waals surface area contributed by atoms with E-state index in [9.17, 15) is 0 Å². The first-order valence-electron chi connectivity index (χ1n) is 14.4. The van der Waals surface area contributed by atoms with E-state index in [0.29, 0.717) is 12.0 Å². The van der Waals surface area contributed by atoms with Gasteiger partial charge in [0.2, 0.25) is 0 Å². The van der Waals surface area contributed by atoms with Crippen molar-refractivity contribution in [3.8, 4) is 22.3 Å². The van der Waals surface area contributed by atoms with Gasteiger partial charge in [-0.3, -0.25) is 0 Å². The summed E-state index contributed by atoms with van der Waals surface area (Å²) in [5.74, 6) is 0.390. The lowest BCUT2D eigenvalue weighted by molar-refractivity contribution is 0.729. The molecule has 1 aliphatic heterocycles. The molecule has 0 N–H and O–H groups in total. The Morgan fingerprint density at radius 1 is 0.750 bits per heavy atom. The van der Waals surface area contributed by atoms with Crippen LogP contribution < -0.4 is 4.90 Å². The molecule has 4 aromatic carbocycles. The standard InChI is InChI=1S/C39H31N/c1-2-10-31(40-38-17-7-5-14-34(38)35-15-6-8-18-39(35)40)22-26-21-27-12-9-16-33(36(27)23-26)30-20-19-29-24-28-11-3-4-13-32(28)37(29)25-30/h2-20,22-23,25,34,38H,21,24H2,1H3/b10-2-,31-22+. The van der Waals surface area contributed by atoms with Gasteiger partial charge in [0.1, 0.15) is 0 Å². The Morgan fingerprint density at radius 2 is 1.55 bits per heavy atom. The Balaban J connectivity index is 1.19. The zero-order valence-electron chi connectivity index (χ0n) is 22.7. The van der Waals surface area contributed by atoms with Gasteiger partial charge in [-0.05, 0) is 99.7 Å². The molecule has 8 rings (SSSR count). The van der Waals surface area contributed by atoms with Gasteiger partial charge in [0.15, 0.2) is 0 Å². The van der Waals surface area contributed by atoms with Gasteiger partial charge in [0.25, 0.3) is 0 Å². The van der Waals surface area contributed by atoms with Gasteiger partial charge in [-0.25, -0.2) is 0 Å². The summed E-state index contributed by atoms with van der Waals surface area (Å²) in [7, 11) is 0. The van der Waals surface area contributed by atoms with Gasteiger partial charge in [0.05, 0.1) is 6.04 Å². The summed E-state index contributed by atoms with van der Waals surface area (Å²) in [5, 5.41) is 0. The third-order valence-corrected chi connectivity index (χ3v) is 8.94. The number of nitrogens with zero attached hydrogens (tertiary/aromatic N) is 1. The highest BCUT2D eigenvalue weighted by atomic mass is 15.2. The number of benzene rings is 4. The van der Waals surface area contributed by atoms with Crippen molar-refractivity contribution in [3.05, 3.63) is 167 Å². The highest BCUT2D eigenvalue weighted by Gasteiger charge is 2.37. The minimum atomic E-state index is 0.305. The Kier molecular flexibility index (Phi) is 5.38. The maximum atomic E-state index is 2.53. The Hall–Kier alpha value is -4.62. The highest BCUT2D eigenvalue weighted by molar-refractivity contribution is 5.86. The topological polar surface area (TPSA) is 3.24 Å². The van der Waals surface area contributed by atoms with Gasteiger partial charge in [0, 0.05) is 17.3 Å². The Labute approximate surface area is 236 Å². The van der Waals surface area contributed by atoms with E-state index < -0.39 is 0 Å². The summed E-state index contributed by atoms with van der Waals surface area (Å²) in [5.41, 5.74) is 16.4. The first kappa shape index (κ1) is 23.3. The smallest absolute Gasteiger partial charge is 0.0629 e. The molecule has 0 amide bonds. The van der Waals surface area contributed by atoms with E-state index >= 15 is 0 Å². The molecule has 40 heavy (non-hydrogen) atoms. The van der Waals surface area contributed by atoms with Crippen LogP contribution in [0.15, 0.2) is 139 Å². The molecular formula is C39H31N. The van der Waals surface area contributed by atoms with Crippen LogP contribution in [-0.4, -0.2) is 6.04 Å². The maximum absolute atomic E-state index is 2.53. The lowest BCUT2D eigenvalue weighted by atomic mass is 9.91. The second kappa shape index (κ2) is 9.24. The highest BCUT2D eigenvalue weighted by Crippen LogP contribution is 2.46. The van der Waals surface area contributed by atoms with Gasteiger partial charge < -0.3 is 4.90 Å². The van der Waals surface area contributed by atoms with Crippen molar-refractivity contribution >= 4 is 11.8 Å². The number of hydrogen-bond acceptors (Lipinski definition) is 1. The van der Waals surface area contributed by atoms with Crippen molar-refractivity contribution in [2.75, 3.05) is 4.90 Å². The molecule has 0 saturated heterocycles. The lowest BCUT2D eigenvalue weighted by Gasteiger charge is -2.29. The molecule has 0 radical (unpaired) electrons. The van der Waals surface area contributed by atoms with Crippen molar-refractivity contribution in [1.29, 1.82) is 0 Å². The van der Waals surface area contributed by atoms with E-state index in [0.717, 1.165) is 12.8 Å². The molecule has 4 aliphatic rings.